The van der Waals surface area contributed by atoms with Gasteiger partial charge in [-0.15, -0.1) is 11.6 Å². The molecule has 0 aromatic heterocycles. The molecule has 2 aliphatic rings. The van der Waals surface area contributed by atoms with Gasteiger partial charge in [-0.25, -0.2) is 4.39 Å². The smallest absolute Gasteiger partial charge is 0.123 e. The van der Waals surface area contributed by atoms with E-state index in [9.17, 15) is 4.39 Å². The molecule has 0 aliphatic carbocycles. The molecule has 2 nitrogen and oxygen atoms in total. The first kappa shape index (κ1) is 13.2. The van der Waals surface area contributed by atoms with E-state index in [2.05, 4.69) is 4.90 Å². The van der Waals surface area contributed by atoms with E-state index in [1.807, 2.05) is 0 Å². The first-order valence-electron chi connectivity index (χ1n) is 6.98. The van der Waals surface area contributed by atoms with Crippen molar-refractivity contribution in [1.29, 1.82) is 0 Å². The van der Waals surface area contributed by atoms with Gasteiger partial charge in [0, 0.05) is 24.4 Å². The zero-order chi connectivity index (χ0) is 13.2. The van der Waals surface area contributed by atoms with Crippen molar-refractivity contribution in [2.75, 3.05) is 25.5 Å². The molecule has 0 bridgehead atoms. The quantitative estimate of drug-likeness (QED) is 0.791. The molecule has 0 amide bonds. The summed E-state index contributed by atoms with van der Waals surface area (Å²) in [6.45, 7) is 3.13. The second-order valence-corrected chi connectivity index (χ2v) is 5.90. The van der Waals surface area contributed by atoms with E-state index in [1.165, 1.54) is 18.9 Å². The molecule has 1 aromatic rings. The summed E-state index contributed by atoms with van der Waals surface area (Å²) in [7, 11) is 0. The van der Waals surface area contributed by atoms with E-state index in [0.717, 1.165) is 43.2 Å². The van der Waals surface area contributed by atoms with Gasteiger partial charge in [-0.2, -0.15) is 0 Å². The van der Waals surface area contributed by atoms with Gasteiger partial charge in [0.1, 0.15) is 17.7 Å². The molecule has 1 unspecified atom stereocenters. The zero-order valence-corrected chi connectivity index (χ0v) is 11.7. The molecule has 0 N–H and O–H groups in total. The van der Waals surface area contributed by atoms with Crippen LogP contribution < -0.4 is 4.74 Å². The number of hydrogen-bond acceptors (Lipinski definition) is 2. The third-order valence-electron chi connectivity index (χ3n) is 4.15. The zero-order valence-electron chi connectivity index (χ0n) is 10.9. The summed E-state index contributed by atoms with van der Waals surface area (Å²) in [5.41, 5.74) is 1.00. The number of ether oxygens (including phenoxy) is 1. The van der Waals surface area contributed by atoms with Crippen LogP contribution in [0.25, 0.3) is 0 Å². The molecular formula is C15H19ClFNO. The number of hydrogen-bond donors (Lipinski definition) is 0. The molecular weight excluding hydrogens is 265 g/mol. The van der Waals surface area contributed by atoms with Gasteiger partial charge in [0.2, 0.25) is 0 Å². The number of rotatable bonds is 3. The van der Waals surface area contributed by atoms with E-state index in [4.69, 9.17) is 16.3 Å². The standard InChI is InChI=1S/C15H19ClFNO/c16-9-11-3-5-18(6-4-11)10-14-8-12-7-13(17)1-2-15(12)19-14/h1-2,7,11,14H,3-6,8-10H2. The molecule has 3 rings (SSSR count). The highest BCUT2D eigenvalue weighted by atomic mass is 35.5. The van der Waals surface area contributed by atoms with Crippen molar-refractivity contribution >= 4 is 11.6 Å². The van der Waals surface area contributed by atoms with Crippen LogP contribution in [0.15, 0.2) is 18.2 Å². The summed E-state index contributed by atoms with van der Waals surface area (Å²) in [6.07, 6.45) is 3.35. The molecule has 1 atom stereocenters. The number of benzene rings is 1. The molecule has 2 heterocycles. The molecule has 0 spiro atoms. The van der Waals surface area contributed by atoms with Gasteiger partial charge in [0.25, 0.3) is 0 Å². The largest absolute Gasteiger partial charge is 0.488 e. The number of likely N-dealkylation sites (tertiary alicyclic amines) is 1. The van der Waals surface area contributed by atoms with Crippen LogP contribution in [0, 0.1) is 11.7 Å². The topological polar surface area (TPSA) is 12.5 Å². The third-order valence-corrected chi connectivity index (χ3v) is 4.59. The maximum Gasteiger partial charge on any atom is 0.123 e. The molecule has 0 radical (unpaired) electrons. The average molecular weight is 284 g/mol. The van der Waals surface area contributed by atoms with Crippen molar-refractivity contribution < 1.29 is 9.13 Å². The lowest BCUT2D eigenvalue weighted by molar-refractivity contribution is 0.121. The predicted octanol–water partition coefficient (Wildman–Crippen LogP) is 3.08. The molecule has 104 valence electrons. The summed E-state index contributed by atoms with van der Waals surface area (Å²) < 4.78 is 19.0. The maximum atomic E-state index is 13.2. The van der Waals surface area contributed by atoms with Crippen LogP contribution in [-0.2, 0) is 6.42 Å². The Morgan fingerprint density at radius 1 is 1.32 bits per heavy atom. The Bertz CT molecular complexity index is 446. The summed E-state index contributed by atoms with van der Waals surface area (Å²) >= 11 is 5.90. The highest BCUT2D eigenvalue weighted by molar-refractivity contribution is 6.18. The molecule has 1 fully saturated rings. The lowest BCUT2D eigenvalue weighted by Gasteiger charge is -2.32. The normalized spacial score (nSPS) is 24.2. The molecule has 2 aliphatic heterocycles. The first-order chi connectivity index (χ1) is 9.24. The van der Waals surface area contributed by atoms with Crippen molar-refractivity contribution in [3.63, 3.8) is 0 Å². The van der Waals surface area contributed by atoms with Crippen molar-refractivity contribution in [2.45, 2.75) is 25.4 Å². The van der Waals surface area contributed by atoms with E-state index in [-0.39, 0.29) is 11.9 Å². The van der Waals surface area contributed by atoms with Crippen molar-refractivity contribution in [2.24, 2.45) is 5.92 Å². The SMILES string of the molecule is Fc1ccc2c(c1)CC(CN1CCC(CCl)CC1)O2. The minimum absolute atomic E-state index is 0.171. The molecule has 1 saturated heterocycles. The second kappa shape index (κ2) is 5.68. The lowest BCUT2D eigenvalue weighted by atomic mass is 9.98. The minimum atomic E-state index is -0.175. The molecule has 4 heteroatoms. The minimum Gasteiger partial charge on any atom is -0.488 e. The van der Waals surface area contributed by atoms with Gasteiger partial charge in [0.15, 0.2) is 0 Å². The van der Waals surface area contributed by atoms with Crippen LogP contribution in [0.4, 0.5) is 4.39 Å². The molecule has 0 saturated carbocycles. The lowest BCUT2D eigenvalue weighted by Crippen LogP contribution is -2.40. The summed E-state index contributed by atoms with van der Waals surface area (Å²) in [5, 5.41) is 0. The van der Waals surface area contributed by atoms with Crippen LogP contribution >= 0.6 is 11.6 Å². The summed E-state index contributed by atoms with van der Waals surface area (Å²) in [6, 6.07) is 4.80. The number of fused-ring (bicyclic) bond motifs is 1. The van der Waals surface area contributed by atoms with Gasteiger partial charge in [0.05, 0.1) is 0 Å². The number of alkyl halides is 1. The van der Waals surface area contributed by atoms with Crippen molar-refractivity contribution in [3.8, 4) is 5.75 Å². The highest BCUT2D eigenvalue weighted by Crippen LogP contribution is 2.30. The van der Waals surface area contributed by atoms with Crippen LogP contribution in [0.3, 0.4) is 0 Å². The fourth-order valence-electron chi connectivity index (χ4n) is 3.00. The Balaban J connectivity index is 1.53. The molecule has 1 aromatic carbocycles. The van der Waals surface area contributed by atoms with Crippen molar-refractivity contribution in [1.82, 2.24) is 4.90 Å². The fraction of sp³-hybridized carbons (Fsp3) is 0.600. The summed E-state index contributed by atoms with van der Waals surface area (Å²) in [4.78, 5) is 2.44. The van der Waals surface area contributed by atoms with Crippen molar-refractivity contribution in [3.05, 3.63) is 29.6 Å². The number of halogens is 2. The number of nitrogens with zero attached hydrogens (tertiary/aromatic N) is 1. The monoisotopic (exact) mass is 283 g/mol. The first-order valence-corrected chi connectivity index (χ1v) is 7.51. The Hall–Kier alpha value is -0.800. The van der Waals surface area contributed by atoms with Gasteiger partial charge in [-0.1, -0.05) is 0 Å². The van der Waals surface area contributed by atoms with Crippen LogP contribution in [0.5, 0.6) is 5.75 Å². The highest BCUT2D eigenvalue weighted by Gasteiger charge is 2.27. The predicted molar refractivity (Wildman–Crippen MR) is 74.4 cm³/mol. The van der Waals surface area contributed by atoms with E-state index >= 15 is 0 Å². The van der Waals surface area contributed by atoms with Crippen LogP contribution in [0.1, 0.15) is 18.4 Å². The Labute approximate surface area is 118 Å². The Morgan fingerprint density at radius 3 is 2.84 bits per heavy atom. The Kier molecular flexibility index (Phi) is 3.94. The third kappa shape index (κ3) is 3.03. The average Bonchev–Trinajstić information content (AvgIpc) is 2.81. The fourth-order valence-corrected chi connectivity index (χ4v) is 3.31. The molecule has 19 heavy (non-hydrogen) atoms. The van der Waals surface area contributed by atoms with E-state index < -0.39 is 0 Å². The number of piperidine rings is 1. The van der Waals surface area contributed by atoms with E-state index in [1.54, 1.807) is 12.1 Å². The second-order valence-electron chi connectivity index (χ2n) is 5.59. The van der Waals surface area contributed by atoms with Crippen LogP contribution in [-0.4, -0.2) is 36.5 Å². The maximum absolute atomic E-state index is 13.2. The van der Waals surface area contributed by atoms with Gasteiger partial charge in [-0.3, -0.25) is 4.90 Å². The van der Waals surface area contributed by atoms with Crippen LogP contribution in [0.2, 0.25) is 0 Å². The summed E-state index contributed by atoms with van der Waals surface area (Å²) in [5.74, 6) is 2.13. The van der Waals surface area contributed by atoms with Gasteiger partial charge >= 0.3 is 0 Å². The van der Waals surface area contributed by atoms with Gasteiger partial charge < -0.3 is 4.74 Å². The Morgan fingerprint density at radius 2 is 2.11 bits per heavy atom. The van der Waals surface area contributed by atoms with Gasteiger partial charge in [-0.05, 0) is 50.0 Å². The van der Waals surface area contributed by atoms with E-state index in [0.29, 0.717) is 5.92 Å².